The maximum absolute atomic E-state index is 12.1. The second kappa shape index (κ2) is 7.01. The summed E-state index contributed by atoms with van der Waals surface area (Å²) >= 11 is 19.2. The molecule has 0 amide bonds. The zero-order valence-corrected chi connectivity index (χ0v) is 14.8. The van der Waals surface area contributed by atoms with Crippen molar-refractivity contribution < 1.29 is 14.3 Å². The van der Waals surface area contributed by atoms with Gasteiger partial charge in [-0.2, -0.15) is 0 Å². The molecule has 0 aliphatic heterocycles. The molecule has 0 radical (unpaired) electrons. The summed E-state index contributed by atoms with van der Waals surface area (Å²) < 4.78 is 5.01. The molecule has 1 heterocycles. The topological polar surface area (TPSA) is 43.4 Å². The predicted octanol–water partition coefficient (Wildman–Crippen LogP) is 5.36. The van der Waals surface area contributed by atoms with Crippen LogP contribution in [0.3, 0.4) is 0 Å². The van der Waals surface area contributed by atoms with E-state index in [-0.39, 0.29) is 33.0 Å². The summed E-state index contributed by atoms with van der Waals surface area (Å²) in [5, 5.41) is 0.317. The highest BCUT2D eigenvalue weighted by atomic mass is 35.5. The lowest BCUT2D eigenvalue weighted by Crippen LogP contribution is -2.15. The van der Waals surface area contributed by atoms with Crippen molar-refractivity contribution in [2.24, 2.45) is 0 Å². The molecule has 0 saturated heterocycles. The van der Waals surface area contributed by atoms with Gasteiger partial charge in [0.2, 0.25) is 5.78 Å². The maximum Gasteiger partial charge on any atom is 0.341 e. The van der Waals surface area contributed by atoms with Crippen molar-refractivity contribution in [1.82, 2.24) is 0 Å². The number of Topliss-reactive ketones (excluding diaryl/α,β-unsaturated/α-hetero) is 1. The molecule has 1 aromatic heterocycles. The van der Waals surface area contributed by atoms with Crippen LogP contribution in [-0.2, 0) is 4.74 Å². The Morgan fingerprint density at radius 2 is 1.77 bits per heavy atom. The summed E-state index contributed by atoms with van der Waals surface area (Å²) in [6, 6.07) is 4.70. The number of rotatable bonds is 4. The first-order valence-electron chi connectivity index (χ1n) is 6.22. The molecule has 22 heavy (non-hydrogen) atoms. The fourth-order valence-electron chi connectivity index (χ4n) is 1.90. The van der Waals surface area contributed by atoms with Gasteiger partial charge in [-0.15, -0.1) is 11.3 Å². The summed E-state index contributed by atoms with van der Waals surface area (Å²) in [5.74, 6) is -1.06. The molecule has 116 valence electrons. The number of carbonyl (C=O) groups is 2. The summed E-state index contributed by atoms with van der Waals surface area (Å²) in [6.07, 6.45) is 0. The molecule has 0 bridgehead atoms. The Bertz CT molecular complexity index is 753. The van der Waals surface area contributed by atoms with Crippen molar-refractivity contribution in [3.63, 3.8) is 0 Å². The quantitative estimate of drug-likeness (QED) is 0.409. The van der Waals surface area contributed by atoms with Crippen molar-refractivity contribution in [3.05, 3.63) is 54.1 Å². The summed E-state index contributed by atoms with van der Waals surface area (Å²) in [4.78, 5) is 26.1. The van der Waals surface area contributed by atoms with Crippen LogP contribution in [0.4, 0.5) is 0 Å². The average molecular weight is 378 g/mol. The zero-order chi connectivity index (χ0) is 16.4. The van der Waals surface area contributed by atoms with Gasteiger partial charge in [0.1, 0.15) is 0 Å². The Balaban J connectivity index is 2.12. The van der Waals surface area contributed by atoms with E-state index in [2.05, 4.69) is 0 Å². The van der Waals surface area contributed by atoms with Gasteiger partial charge in [-0.3, -0.25) is 4.79 Å². The molecule has 0 unspecified atom stereocenters. The van der Waals surface area contributed by atoms with Gasteiger partial charge >= 0.3 is 5.97 Å². The van der Waals surface area contributed by atoms with Crippen molar-refractivity contribution in [3.8, 4) is 0 Å². The number of thiophene rings is 1. The number of halogens is 3. The van der Waals surface area contributed by atoms with Gasteiger partial charge in [-0.05, 0) is 32.0 Å². The number of benzene rings is 1. The fourth-order valence-corrected chi connectivity index (χ4v) is 3.53. The molecule has 0 spiro atoms. The molecule has 0 aliphatic carbocycles. The van der Waals surface area contributed by atoms with E-state index in [9.17, 15) is 9.59 Å². The monoisotopic (exact) mass is 376 g/mol. The van der Waals surface area contributed by atoms with Crippen LogP contribution in [0.2, 0.25) is 15.1 Å². The number of hydrogen-bond donors (Lipinski definition) is 0. The van der Waals surface area contributed by atoms with Crippen LogP contribution >= 0.6 is 46.1 Å². The van der Waals surface area contributed by atoms with E-state index >= 15 is 0 Å². The number of aryl methyl sites for hydroxylation is 2. The highest BCUT2D eigenvalue weighted by molar-refractivity contribution is 7.12. The minimum Gasteiger partial charge on any atom is -0.454 e. The molecule has 2 aromatic rings. The van der Waals surface area contributed by atoms with Crippen LogP contribution in [-0.4, -0.2) is 18.4 Å². The van der Waals surface area contributed by atoms with Gasteiger partial charge < -0.3 is 4.74 Å². The van der Waals surface area contributed by atoms with E-state index in [1.807, 2.05) is 13.8 Å². The van der Waals surface area contributed by atoms with Gasteiger partial charge in [0, 0.05) is 15.3 Å². The highest BCUT2D eigenvalue weighted by Gasteiger charge is 2.21. The summed E-state index contributed by atoms with van der Waals surface area (Å²) in [6.45, 7) is 3.37. The van der Waals surface area contributed by atoms with Gasteiger partial charge in [0.15, 0.2) is 6.61 Å². The van der Waals surface area contributed by atoms with E-state index in [1.54, 1.807) is 6.07 Å². The standard InChI is InChI=1S/C15H11Cl3O3S/c1-7-5-9(8(2)22-7)12(19)6-21-15(20)13-10(16)3-4-11(17)14(13)18/h3-5H,6H2,1-2H3. The molecule has 3 nitrogen and oxygen atoms in total. The van der Waals surface area contributed by atoms with Crippen molar-refractivity contribution in [2.75, 3.05) is 6.61 Å². The first-order chi connectivity index (χ1) is 10.3. The van der Waals surface area contributed by atoms with Crippen LogP contribution in [0, 0.1) is 13.8 Å². The first kappa shape index (κ1) is 17.3. The van der Waals surface area contributed by atoms with Crippen molar-refractivity contribution in [2.45, 2.75) is 13.8 Å². The van der Waals surface area contributed by atoms with Crippen LogP contribution in [0.15, 0.2) is 18.2 Å². The summed E-state index contributed by atoms with van der Waals surface area (Å²) in [5.41, 5.74) is 0.514. The lowest BCUT2D eigenvalue weighted by Gasteiger charge is -2.08. The van der Waals surface area contributed by atoms with Crippen molar-refractivity contribution >= 4 is 57.9 Å². The number of ether oxygens (including phenoxy) is 1. The first-order valence-corrected chi connectivity index (χ1v) is 8.17. The normalized spacial score (nSPS) is 10.6. The molecule has 7 heteroatoms. The Morgan fingerprint density at radius 3 is 2.36 bits per heavy atom. The predicted molar refractivity (Wildman–Crippen MR) is 89.9 cm³/mol. The number of ketones is 1. The Labute approximate surface area is 146 Å². The van der Waals surface area contributed by atoms with Crippen LogP contribution in [0.1, 0.15) is 30.5 Å². The smallest absolute Gasteiger partial charge is 0.341 e. The third kappa shape index (κ3) is 3.63. The maximum atomic E-state index is 12.1. The summed E-state index contributed by atoms with van der Waals surface area (Å²) in [7, 11) is 0. The van der Waals surface area contributed by atoms with E-state index in [0.29, 0.717) is 5.56 Å². The number of carbonyl (C=O) groups excluding carboxylic acids is 2. The second-order valence-corrected chi connectivity index (χ2v) is 7.20. The van der Waals surface area contributed by atoms with Gasteiger partial charge in [-0.1, -0.05) is 34.8 Å². The minimum atomic E-state index is -0.782. The second-order valence-electron chi connectivity index (χ2n) is 4.54. The molecule has 1 aromatic carbocycles. The van der Waals surface area contributed by atoms with E-state index in [0.717, 1.165) is 9.75 Å². The molecule has 0 N–H and O–H groups in total. The van der Waals surface area contributed by atoms with E-state index in [1.165, 1.54) is 23.5 Å². The fraction of sp³-hybridized carbons (Fsp3) is 0.200. The molecular weight excluding hydrogens is 367 g/mol. The van der Waals surface area contributed by atoms with Gasteiger partial charge in [-0.25, -0.2) is 4.79 Å². The number of esters is 1. The molecule has 0 aliphatic rings. The molecular formula is C15H11Cl3O3S. The van der Waals surface area contributed by atoms with Crippen molar-refractivity contribution in [1.29, 1.82) is 0 Å². The number of hydrogen-bond acceptors (Lipinski definition) is 4. The highest BCUT2D eigenvalue weighted by Crippen LogP contribution is 2.32. The van der Waals surface area contributed by atoms with Crippen LogP contribution in [0.25, 0.3) is 0 Å². The van der Waals surface area contributed by atoms with E-state index < -0.39 is 5.97 Å². The minimum absolute atomic E-state index is 0.00849. The Hall–Kier alpha value is -1.07. The molecule has 0 saturated carbocycles. The Kier molecular flexibility index (Phi) is 5.50. The lowest BCUT2D eigenvalue weighted by molar-refractivity contribution is 0.0475. The molecule has 0 fully saturated rings. The van der Waals surface area contributed by atoms with Crippen LogP contribution < -0.4 is 0 Å². The molecule has 2 rings (SSSR count). The van der Waals surface area contributed by atoms with Gasteiger partial charge in [0.25, 0.3) is 0 Å². The Morgan fingerprint density at radius 1 is 1.14 bits per heavy atom. The largest absolute Gasteiger partial charge is 0.454 e. The lowest BCUT2D eigenvalue weighted by atomic mass is 10.1. The molecule has 0 atom stereocenters. The third-order valence-corrected chi connectivity index (χ3v) is 5.01. The average Bonchev–Trinajstić information content (AvgIpc) is 2.79. The zero-order valence-electron chi connectivity index (χ0n) is 11.7. The SMILES string of the molecule is Cc1cc(C(=O)COC(=O)c2c(Cl)ccc(Cl)c2Cl)c(C)s1. The van der Waals surface area contributed by atoms with Crippen LogP contribution in [0.5, 0.6) is 0 Å². The van der Waals surface area contributed by atoms with Gasteiger partial charge in [0.05, 0.1) is 20.6 Å². The van der Waals surface area contributed by atoms with E-state index in [4.69, 9.17) is 39.5 Å². The third-order valence-electron chi connectivity index (χ3n) is 2.92.